The Kier molecular flexibility index (Phi) is 24.1. The molecule has 0 aliphatic carbocycles. The van der Waals surface area contributed by atoms with E-state index in [1.807, 2.05) is 62.4 Å². The minimum atomic E-state index is -4.27. The van der Waals surface area contributed by atoms with Crippen molar-refractivity contribution in [2.45, 2.75) is 127 Å². The molecule has 0 bridgehead atoms. The fraction of sp³-hybridized carbons (Fsp3) is 0.351. The smallest absolute Gasteiger partial charge is 0.169 e. The molecule has 72 heavy (non-hydrogen) atoms. The van der Waals surface area contributed by atoms with Crippen LogP contribution in [0.25, 0.3) is 33.9 Å². The van der Waals surface area contributed by atoms with Crippen molar-refractivity contribution in [1.29, 1.82) is 0 Å². The van der Waals surface area contributed by atoms with Crippen molar-refractivity contribution in [2.24, 2.45) is 0 Å². The quantitative estimate of drug-likeness (QED) is 0.0326. The van der Waals surface area contributed by atoms with Gasteiger partial charge in [-0.2, -0.15) is 0 Å². The molecular formula is C57H69N5O8S2. The van der Waals surface area contributed by atoms with Crippen LogP contribution in [0.1, 0.15) is 101 Å². The van der Waals surface area contributed by atoms with Crippen molar-refractivity contribution in [3.63, 3.8) is 0 Å². The van der Waals surface area contributed by atoms with Crippen LogP contribution < -0.4 is 13.9 Å². The van der Waals surface area contributed by atoms with Gasteiger partial charge in [-0.3, -0.25) is 9.97 Å². The number of rotatable bonds is 25. The molecule has 7 aromatic rings. The van der Waals surface area contributed by atoms with E-state index in [2.05, 4.69) is 68.2 Å². The van der Waals surface area contributed by atoms with Crippen LogP contribution in [0.3, 0.4) is 0 Å². The van der Waals surface area contributed by atoms with Gasteiger partial charge >= 0.3 is 0 Å². The van der Waals surface area contributed by atoms with Crippen LogP contribution >= 0.6 is 0 Å². The number of benzene rings is 2. The summed E-state index contributed by atoms with van der Waals surface area (Å²) in [7, 11) is -8.54. The summed E-state index contributed by atoms with van der Waals surface area (Å²) in [6, 6.07) is 36.1. The molecule has 13 nitrogen and oxygen atoms in total. The Bertz CT molecular complexity index is 2710. The average Bonchev–Trinajstić information content (AvgIpc) is 3.38. The lowest BCUT2D eigenvalue weighted by molar-refractivity contribution is -0.697. The van der Waals surface area contributed by atoms with Gasteiger partial charge in [-0.25, -0.2) is 31.0 Å². The summed E-state index contributed by atoms with van der Waals surface area (Å²) in [6.07, 6.45) is 29.4. The van der Waals surface area contributed by atoms with Crippen LogP contribution in [-0.2, 0) is 33.3 Å². The largest absolute Gasteiger partial charge is 0.744 e. The summed E-state index contributed by atoms with van der Waals surface area (Å²) in [5.41, 5.74) is 7.64. The topological polar surface area (TPSA) is 190 Å². The third-order valence-corrected chi connectivity index (χ3v) is 13.5. The summed E-state index contributed by atoms with van der Waals surface area (Å²) in [5.74, 6) is 0.815. The van der Waals surface area contributed by atoms with Gasteiger partial charge in [0.25, 0.3) is 0 Å². The van der Waals surface area contributed by atoms with Crippen LogP contribution in [0.5, 0.6) is 5.75 Å². The standard InChI is InChI=1S/C43H55N5O2.2C7H8O3S/c49-33-17-9-8-16-28-48-31-23-38(24-32-48)37-21-29-47(30-22-37)27-15-7-5-3-1-2-4-6-10-18-34-50-39-35-42(40-19-11-13-25-44-40)46-43(36-39)41-20-12-14-26-45-41;2*1-6-2-4-7(5-3-6)11(8,9)10/h11-14,19-26,29-32,35-36,49H,1-10,15-18,27-28,33-34H2;2*2-5H,1H3,(H,8,9,10)/q+2;;/p-2. The highest BCUT2D eigenvalue weighted by Gasteiger charge is 2.11. The van der Waals surface area contributed by atoms with E-state index in [1.54, 1.807) is 36.7 Å². The third kappa shape index (κ3) is 21.2. The zero-order valence-corrected chi connectivity index (χ0v) is 43.2. The fourth-order valence-electron chi connectivity index (χ4n) is 7.65. The summed E-state index contributed by atoms with van der Waals surface area (Å²) in [6.45, 7) is 6.77. The molecule has 0 unspecified atom stereocenters. The SMILES string of the molecule is Cc1ccc(S(=O)(=O)[O-])cc1.Cc1ccc(S(=O)(=O)[O-])cc1.OCCCCCC[n+]1ccc(-c2cc[n+](CCCCCCCCCCCCOc3cc(-c4ccccn4)nc(-c4ccccn4)c3)cc2)cc1. The van der Waals surface area contributed by atoms with E-state index < -0.39 is 20.2 Å². The highest BCUT2D eigenvalue weighted by Crippen LogP contribution is 2.27. The van der Waals surface area contributed by atoms with Crippen molar-refractivity contribution >= 4 is 20.2 Å². The molecule has 0 saturated heterocycles. The van der Waals surface area contributed by atoms with Crippen molar-refractivity contribution in [2.75, 3.05) is 13.2 Å². The van der Waals surface area contributed by atoms with Gasteiger partial charge in [0, 0.05) is 68.2 Å². The first-order valence-corrected chi connectivity index (χ1v) is 27.7. The van der Waals surface area contributed by atoms with Crippen molar-refractivity contribution < 1.29 is 44.9 Å². The first kappa shape index (κ1) is 56.7. The summed E-state index contributed by atoms with van der Waals surface area (Å²) in [5, 5.41) is 8.91. The van der Waals surface area contributed by atoms with Crippen molar-refractivity contribution in [3.8, 4) is 39.7 Å². The van der Waals surface area contributed by atoms with Gasteiger partial charge in [0.2, 0.25) is 0 Å². The van der Waals surface area contributed by atoms with Crippen LogP contribution in [0, 0.1) is 13.8 Å². The summed E-state index contributed by atoms with van der Waals surface area (Å²) >= 11 is 0. The molecule has 0 aliphatic heterocycles. The zero-order valence-electron chi connectivity index (χ0n) is 41.6. The number of hydrogen-bond acceptors (Lipinski definition) is 11. The molecule has 0 saturated carbocycles. The molecule has 7 rings (SSSR count). The lowest BCUT2D eigenvalue weighted by Crippen LogP contribution is -2.33. The summed E-state index contributed by atoms with van der Waals surface area (Å²) in [4.78, 5) is 13.4. The van der Waals surface area contributed by atoms with Gasteiger partial charge in [0.15, 0.2) is 24.8 Å². The van der Waals surface area contributed by atoms with E-state index in [-0.39, 0.29) is 9.79 Å². The van der Waals surface area contributed by atoms with E-state index in [9.17, 15) is 25.9 Å². The van der Waals surface area contributed by atoms with E-state index >= 15 is 0 Å². The van der Waals surface area contributed by atoms with Gasteiger partial charge in [-0.15, -0.1) is 0 Å². The van der Waals surface area contributed by atoms with Gasteiger partial charge in [-0.1, -0.05) is 98.9 Å². The minimum Gasteiger partial charge on any atom is -0.744 e. The number of hydrogen-bond donors (Lipinski definition) is 1. The molecule has 0 atom stereocenters. The Morgan fingerprint density at radius 2 is 0.847 bits per heavy atom. The van der Waals surface area contributed by atoms with E-state index in [4.69, 9.17) is 14.8 Å². The highest BCUT2D eigenvalue weighted by atomic mass is 32.2. The van der Waals surface area contributed by atoms with Gasteiger partial charge in [0.1, 0.15) is 39.1 Å². The van der Waals surface area contributed by atoms with E-state index in [0.717, 1.165) is 78.4 Å². The Morgan fingerprint density at radius 3 is 1.21 bits per heavy atom. The maximum absolute atomic E-state index is 10.4. The maximum atomic E-state index is 10.4. The molecule has 1 N–H and O–H groups in total. The second kappa shape index (κ2) is 30.6. The van der Waals surface area contributed by atoms with Crippen molar-refractivity contribution in [3.05, 3.63) is 170 Å². The molecule has 5 heterocycles. The van der Waals surface area contributed by atoms with Crippen LogP contribution in [0.4, 0.5) is 0 Å². The van der Waals surface area contributed by atoms with E-state index in [1.165, 1.54) is 99.6 Å². The predicted octanol–water partition coefficient (Wildman–Crippen LogP) is 10.8. The number of aryl methyl sites for hydroxylation is 4. The first-order valence-electron chi connectivity index (χ1n) is 24.9. The lowest BCUT2D eigenvalue weighted by Gasteiger charge is -2.10. The number of unbranched alkanes of at least 4 members (excludes halogenated alkanes) is 12. The number of aliphatic hydroxyl groups excluding tert-OH is 1. The molecule has 5 aromatic heterocycles. The average molecular weight is 1020 g/mol. The van der Waals surface area contributed by atoms with Gasteiger partial charge in [-0.05, 0) is 99.2 Å². The number of pyridine rings is 5. The Balaban J connectivity index is 0.000000357. The molecule has 0 aliphatic rings. The number of aliphatic hydroxyl groups is 1. The maximum Gasteiger partial charge on any atom is 0.169 e. The minimum absolute atomic E-state index is 0.178. The molecule has 0 radical (unpaired) electrons. The molecule has 0 fully saturated rings. The van der Waals surface area contributed by atoms with Crippen LogP contribution in [0.2, 0.25) is 0 Å². The Morgan fingerprint density at radius 1 is 0.472 bits per heavy atom. The normalized spacial score (nSPS) is 11.2. The molecule has 0 amide bonds. The Labute approximate surface area is 427 Å². The predicted molar refractivity (Wildman–Crippen MR) is 278 cm³/mol. The number of ether oxygens (including phenoxy) is 1. The van der Waals surface area contributed by atoms with E-state index in [0.29, 0.717) is 13.2 Å². The molecule has 0 spiro atoms. The van der Waals surface area contributed by atoms with Crippen LogP contribution in [-0.4, -0.2) is 59.2 Å². The highest BCUT2D eigenvalue weighted by molar-refractivity contribution is 7.86. The van der Waals surface area contributed by atoms with Gasteiger partial charge in [0.05, 0.1) is 39.2 Å². The first-order chi connectivity index (χ1) is 34.8. The number of aromatic nitrogens is 5. The Hall–Kier alpha value is -6.23. The van der Waals surface area contributed by atoms with Gasteiger partial charge < -0.3 is 18.9 Å². The second-order valence-corrected chi connectivity index (χ2v) is 20.5. The lowest BCUT2D eigenvalue weighted by atomic mass is 10.1. The third-order valence-electron chi connectivity index (χ3n) is 11.8. The second-order valence-electron chi connectivity index (χ2n) is 17.7. The molecule has 2 aromatic carbocycles. The zero-order chi connectivity index (χ0) is 51.4. The molecule has 15 heteroatoms. The monoisotopic (exact) mass is 1020 g/mol. The van der Waals surface area contributed by atoms with Crippen molar-refractivity contribution in [1.82, 2.24) is 15.0 Å². The molecule has 382 valence electrons. The fourth-order valence-corrected chi connectivity index (χ4v) is 8.59. The van der Waals surface area contributed by atoms with Crippen LogP contribution in [0.15, 0.2) is 168 Å². The number of nitrogens with zero attached hydrogens (tertiary/aromatic N) is 5. The molecular weight excluding hydrogens is 947 g/mol. The summed E-state index contributed by atoms with van der Waals surface area (Å²) < 4.78 is 73.1.